The van der Waals surface area contributed by atoms with E-state index in [0.717, 1.165) is 63.0 Å². The standard InChI is InChI=1S/C21H38O4S/c1-16(2)9-7-8-10-17(22)15-26-20-14-13-19(23)18(20)11-5-3-4-6-12-21(24)25/h16-18,20,22H,3-15H2,1-2H3,(H,24,25). The molecular formula is C21H38O4S. The zero-order valence-corrected chi connectivity index (χ0v) is 17.4. The van der Waals surface area contributed by atoms with E-state index in [2.05, 4.69) is 13.8 Å². The van der Waals surface area contributed by atoms with Gasteiger partial charge >= 0.3 is 5.97 Å². The van der Waals surface area contributed by atoms with Crippen LogP contribution < -0.4 is 0 Å². The van der Waals surface area contributed by atoms with Gasteiger partial charge in [-0.25, -0.2) is 0 Å². The van der Waals surface area contributed by atoms with Gasteiger partial charge in [0, 0.05) is 29.8 Å². The first-order valence-electron chi connectivity index (χ1n) is 10.4. The second-order valence-electron chi connectivity index (χ2n) is 8.16. The number of Topliss-reactive ketones (excluding diaryl/α,β-unsaturated/α-hetero) is 1. The van der Waals surface area contributed by atoms with Gasteiger partial charge in [0.05, 0.1) is 6.10 Å². The van der Waals surface area contributed by atoms with Gasteiger partial charge in [0.2, 0.25) is 0 Å². The highest BCUT2D eigenvalue weighted by atomic mass is 32.2. The van der Waals surface area contributed by atoms with Crippen molar-refractivity contribution in [3.05, 3.63) is 0 Å². The molecule has 0 spiro atoms. The number of hydrogen-bond donors (Lipinski definition) is 2. The number of thioether (sulfide) groups is 1. The summed E-state index contributed by atoms with van der Waals surface area (Å²) in [7, 11) is 0. The Morgan fingerprint density at radius 1 is 1.12 bits per heavy atom. The molecule has 1 aliphatic carbocycles. The molecule has 0 amide bonds. The molecule has 4 nitrogen and oxygen atoms in total. The fourth-order valence-corrected chi connectivity index (χ4v) is 5.11. The number of carboxylic acids is 1. The quantitative estimate of drug-likeness (QED) is 0.384. The number of ketones is 1. The Kier molecular flexibility index (Phi) is 12.3. The van der Waals surface area contributed by atoms with E-state index in [-0.39, 0.29) is 18.4 Å². The molecule has 0 bridgehead atoms. The third-order valence-electron chi connectivity index (χ3n) is 5.26. The summed E-state index contributed by atoms with van der Waals surface area (Å²) in [6.07, 6.45) is 10.6. The van der Waals surface area contributed by atoms with E-state index in [4.69, 9.17) is 5.11 Å². The van der Waals surface area contributed by atoms with E-state index in [9.17, 15) is 14.7 Å². The van der Waals surface area contributed by atoms with Crippen molar-refractivity contribution in [3.63, 3.8) is 0 Å². The molecule has 1 aliphatic rings. The first kappa shape index (κ1) is 23.5. The maximum atomic E-state index is 12.2. The van der Waals surface area contributed by atoms with Crippen molar-refractivity contribution in [2.24, 2.45) is 11.8 Å². The second kappa shape index (κ2) is 13.6. The lowest BCUT2D eigenvalue weighted by atomic mass is 9.98. The number of unbranched alkanes of at least 4 members (excludes halogenated alkanes) is 4. The fourth-order valence-electron chi connectivity index (χ4n) is 3.67. The van der Waals surface area contributed by atoms with Crippen LogP contribution in [0.3, 0.4) is 0 Å². The number of aliphatic carboxylic acids is 1. The van der Waals surface area contributed by atoms with Gasteiger partial charge in [-0.2, -0.15) is 11.8 Å². The summed E-state index contributed by atoms with van der Waals surface area (Å²) in [5.74, 6) is 1.28. The number of carbonyl (C=O) groups excluding carboxylic acids is 1. The van der Waals surface area contributed by atoms with Crippen LogP contribution >= 0.6 is 11.8 Å². The normalized spacial score (nSPS) is 21.5. The maximum absolute atomic E-state index is 12.2. The number of aliphatic hydroxyl groups excluding tert-OH is 1. The summed E-state index contributed by atoms with van der Waals surface area (Å²) >= 11 is 1.79. The van der Waals surface area contributed by atoms with Crippen LogP contribution in [0.2, 0.25) is 0 Å². The van der Waals surface area contributed by atoms with Crippen molar-refractivity contribution < 1.29 is 19.8 Å². The summed E-state index contributed by atoms with van der Waals surface area (Å²) in [6.45, 7) is 4.46. The van der Waals surface area contributed by atoms with Crippen LogP contribution in [-0.2, 0) is 9.59 Å². The molecular weight excluding hydrogens is 348 g/mol. The minimum Gasteiger partial charge on any atom is -0.481 e. The smallest absolute Gasteiger partial charge is 0.303 e. The third-order valence-corrected chi connectivity index (χ3v) is 6.83. The Labute approximate surface area is 163 Å². The average Bonchev–Trinajstić information content (AvgIpc) is 2.92. The number of rotatable bonds is 15. The number of aliphatic hydroxyl groups is 1. The molecule has 152 valence electrons. The molecule has 0 aromatic heterocycles. The van der Waals surface area contributed by atoms with Crippen molar-refractivity contribution in [1.29, 1.82) is 0 Å². The van der Waals surface area contributed by atoms with Gasteiger partial charge < -0.3 is 10.2 Å². The van der Waals surface area contributed by atoms with E-state index in [1.807, 2.05) is 0 Å². The highest BCUT2D eigenvalue weighted by molar-refractivity contribution is 8.00. The number of hydrogen-bond acceptors (Lipinski definition) is 4. The second-order valence-corrected chi connectivity index (χ2v) is 9.43. The van der Waals surface area contributed by atoms with Crippen LogP contribution in [0.25, 0.3) is 0 Å². The van der Waals surface area contributed by atoms with Gasteiger partial charge in [0.15, 0.2) is 0 Å². The monoisotopic (exact) mass is 386 g/mol. The minimum atomic E-state index is -0.727. The predicted molar refractivity (Wildman–Crippen MR) is 109 cm³/mol. The summed E-state index contributed by atoms with van der Waals surface area (Å²) < 4.78 is 0. The molecule has 26 heavy (non-hydrogen) atoms. The van der Waals surface area contributed by atoms with E-state index in [1.54, 1.807) is 11.8 Å². The van der Waals surface area contributed by atoms with Crippen molar-refractivity contribution in [2.75, 3.05) is 5.75 Å². The highest BCUT2D eigenvalue weighted by Crippen LogP contribution is 2.36. The first-order chi connectivity index (χ1) is 12.4. The van der Waals surface area contributed by atoms with Gasteiger partial charge in [0.1, 0.15) is 5.78 Å². The molecule has 1 saturated carbocycles. The number of carbonyl (C=O) groups is 2. The molecule has 0 saturated heterocycles. The summed E-state index contributed by atoms with van der Waals surface area (Å²) in [5, 5.41) is 19.2. The van der Waals surface area contributed by atoms with Crippen LogP contribution in [0.15, 0.2) is 0 Å². The van der Waals surface area contributed by atoms with Gasteiger partial charge in [-0.05, 0) is 31.6 Å². The molecule has 1 rings (SSSR count). The van der Waals surface area contributed by atoms with Gasteiger partial charge in [-0.3, -0.25) is 9.59 Å². The molecule has 2 N–H and O–H groups in total. The molecule has 0 aromatic rings. The van der Waals surface area contributed by atoms with Crippen LogP contribution in [0, 0.1) is 11.8 Å². The van der Waals surface area contributed by atoms with Crippen LogP contribution in [0.4, 0.5) is 0 Å². The molecule has 1 fully saturated rings. The largest absolute Gasteiger partial charge is 0.481 e. The molecule has 3 unspecified atom stereocenters. The lowest BCUT2D eigenvalue weighted by molar-refractivity contribution is -0.137. The van der Waals surface area contributed by atoms with Crippen LogP contribution in [0.5, 0.6) is 0 Å². The Morgan fingerprint density at radius 3 is 2.50 bits per heavy atom. The Hall–Kier alpha value is -0.550. The lowest BCUT2D eigenvalue weighted by Crippen LogP contribution is -2.20. The fraction of sp³-hybridized carbons (Fsp3) is 0.905. The van der Waals surface area contributed by atoms with E-state index < -0.39 is 5.97 Å². The SMILES string of the molecule is CC(C)CCCCC(O)CSC1CCC(=O)C1CCCCCCC(=O)O. The van der Waals surface area contributed by atoms with Crippen LogP contribution in [0.1, 0.15) is 90.9 Å². The third kappa shape index (κ3) is 10.6. The topological polar surface area (TPSA) is 74.6 Å². The van der Waals surface area contributed by atoms with Crippen molar-refractivity contribution >= 4 is 23.5 Å². The summed E-state index contributed by atoms with van der Waals surface area (Å²) in [6, 6.07) is 0. The Balaban J connectivity index is 2.17. The van der Waals surface area contributed by atoms with E-state index in [0.29, 0.717) is 17.5 Å². The van der Waals surface area contributed by atoms with Gasteiger partial charge in [0.25, 0.3) is 0 Å². The molecule has 0 aromatic carbocycles. The zero-order chi connectivity index (χ0) is 19.4. The van der Waals surface area contributed by atoms with Gasteiger partial charge in [-0.15, -0.1) is 0 Å². The summed E-state index contributed by atoms with van der Waals surface area (Å²) in [4.78, 5) is 22.7. The Bertz CT molecular complexity index is 411. The van der Waals surface area contributed by atoms with E-state index in [1.165, 1.54) is 12.8 Å². The Morgan fingerprint density at radius 2 is 1.81 bits per heavy atom. The average molecular weight is 387 g/mol. The van der Waals surface area contributed by atoms with E-state index >= 15 is 0 Å². The summed E-state index contributed by atoms with van der Waals surface area (Å²) in [5.41, 5.74) is 0. The molecule has 0 radical (unpaired) electrons. The zero-order valence-electron chi connectivity index (χ0n) is 16.6. The molecule has 3 atom stereocenters. The highest BCUT2D eigenvalue weighted by Gasteiger charge is 2.34. The molecule has 5 heteroatoms. The minimum absolute atomic E-state index is 0.146. The molecule has 0 heterocycles. The van der Waals surface area contributed by atoms with Crippen LogP contribution in [-0.4, -0.2) is 39.1 Å². The van der Waals surface area contributed by atoms with Crippen molar-refractivity contribution in [3.8, 4) is 0 Å². The predicted octanol–water partition coefficient (Wildman–Crippen LogP) is 5.07. The van der Waals surface area contributed by atoms with Gasteiger partial charge in [-0.1, -0.05) is 52.4 Å². The van der Waals surface area contributed by atoms with Crippen molar-refractivity contribution in [2.45, 2.75) is 102 Å². The lowest BCUT2D eigenvalue weighted by Gasteiger charge is -2.20. The van der Waals surface area contributed by atoms with Crippen molar-refractivity contribution in [1.82, 2.24) is 0 Å². The maximum Gasteiger partial charge on any atom is 0.303 e. The first-order valence-corrected chi connectivity index (χ1v) is 11.5. The molecule has 0 aliphatic heterocycles. The number of carboxylic acid groups (broad SMARTS) is 1.